The smallest absolute Gasteiger partial charge is 0.390 e. The lowest BCUT2D eigenvalue weighted by Crippen LogP contribution is -2.46. The van der Waals surface area contributed by atoms with Gasteiger partial charge in [-0.15, -0.1) is 0 Å². The average Bonchev–Trinajstić information content (AvgIpc) is 2.93. The Morgan fingerprint density at radius 1 is 1.25 bits per heavy atom. The number of piperidine rings is 1. The molecule has 1 aliphatic rings. The zero-order chi connectivity index (χ0) is 17.1. The molecule has 130 valence electrons. The van der Waals surface area contributed by atoms with Crippen molar-refractivity contribution >= 4 is 0 Å². The zero-order valence-electron chi connectivity index (χ0n) is 14.3. The topological polar surface area (TPSA) is 71.5 Å². The number of benzene rings is 1. The van der Waals surface area contributed by atoms with E-state index in [1.165, 1.54) is 11.0 Å². The van der Waals surface area contributed by atoms with Gasteiger partial charge in [-0.3, -0.25) is 14.0 Å². The summed E-state index contributed by atoms with van der Waals surface area (Å²) in [4.78, 5) is 14.3. The quantitative estimate of drug-likeness (QED) is 0.907. The first-order valence-electron chi connectivity index (χ1n) is 8.58. The summed E-state index contributed by atoms with van der Waals surface area (Å²) in [6.45, 7) is 6.16. The third-order valence-electron chi connectivity index (χ3n) is 4.80. The fraction of sp³-hybridized carbons (Fsp3) is 0.556. The highest BCUT2D eigenvalue weighted by Gasteiger charge is 2.25. The van der Waals surface area contributed by atoms with Crippen molar-refractivity contribution < 1.29 is 9.63 Å². The number of rotatable bonds is 5. The van der Waals surface area contributed by atoms with E-state index in [0.717, 1.165) is 18.5 Å². The molecule has 2 heterocycles. The molecule has 0 spiro atoms. The molecular formula is C18H25N3O3. The zero-order valence-corrected chi connectivity index (χ0v) is 14.3. The fourth-order valence-corrected chi connectivity index (χ4v) is 3.40. The summed E-state index contributed by atoms with van der Waals surface area (Å²) in [5.41, 5.74) is 0.801. The van der Waals surface area contributed by atoms with E-state index in [1.54, 1.807) is 0 Å². The summed E-state index contributed by atoms with van der Waals surface area (Å²) >= 11 is 0. The van der Waals surface area contributed by atoms with Crippen LogP contribution < -0.4 is 5.76 Å². The Morgan fingerprint density at radius 2 is 2.00 bits per heavy atom. The van der Waals surface area contributed by atoms with Crippen molar-refractivity contribution in [2.45, 2.75) is 45.4 Å². The van der Waals surface area contributed by atoms with E-state index in [4.69, 9.17) is 4.52 Å². The Bertz CT molecular complexity index is 710. The highest BCUT2D eigenvalue weighted by atomic mass is 16.5. The number of hydrogen-bond acceptors (Lipinski definition) is 5. The van der Waals surface area contributed by atoms with Crippen LogP contribution in [0.25, 0.3) is 11.4 Å². The number of aliphatic hydroxyl groups is 1. The molecule has 1 aliphatic heterocycles. The molecule has 0 radical (unpaired) electrons. The van der Waals surface area contributed by atoms with Crippen molar-refractivity contribution in [1.82, 2.24) is 14.6 Å². The Labute approximate surface area is 141 Å². The maximum absolute atomic E-state index is 12.0. The standard InChI is InChI=1S/C18H25N3O3/c1-13-8-9-14(2)20(10-13)11-16(22)12-21-17(19-24-18(21)23)15-6-4-3-5-7-15/h3-7,13-14,16,22H,8-12H2,1-2H3. The van der Waals surface area contributed by atoms with E-state index in [2.05, 4.69) is 23.9 Å². The van der Waals surface area contributed by atoms with Gasteiger partial charge in [-0.25, -0.2) is 4.79 Å². The SMILES string of the molecule is CC1CCC(C)N(CC(O)Cn2c(-c3ccccc3)noc2=O)C1. The Morgan fingerprint density at radius 3 is 2.75 bits per heavy atom. The summed E-state index contributed by atoms with van der Waals surface area (Å²) in [6.07, 6.45) is 1.74. The first kappa shape index (κ1) is 16.9. The van der Waals surface area contributed by atoms with Crippen LogP contribution in [0.3, 0.4) is 0 Å². The predicted molar refractivity (Wildman–Crippen MR) is 91.6 cm³/mol. The molecule has 24 heavy (non-hydrogen) atoms. The number of aliphatic hydroxyl groups excluding tert-OH is 1. The lowest BCUT2D eigenvalue weighted by Gasteiger charge is -2.37. The van der Waals surface area contributed by atoms with Crippen LogP contribution in [0.4, 0.5) is 0 Å². The van der Waals surface area contributed by atoms with Crippen LogP contribution in [0.1, 0.15) is 26.7 Å². The fourth-order valence-electron chi connectivity index (χ4n) is 3.40. The number of likely N-dealkylation sites (tertiary alicyclic amines) is 1. The van der Waals surface area contributed by atoms with E-state index in [9.17, 15) is 9.90 Å². The van der Waals surface area contributed by atoms with Crippen LogP contribution in [0.2, 0.25) is 0 Å². The van der Waals surface area contributed by atoms with Gasteiger partial charge in [-0.05, 0) is 25.7 Å². The molecule has 1 saturated heterocycles. The molecule has 0 saturated carbocycles. The van der Waals surface area contributed by atoms with Gasteiger partial charge in [0.1, 0.15) is 0 Å². The molecule has 2 aromatic rings. The minimum atomic E-state index is -0.641. The molecule has 3 unspecified atom stereocenters. The molecule has 6 nitrogen and oxygen atoms in total. The Hall–Kier alpha value is -1.92. The predicted octanol–water partition coefficient (Wildman–Crippen LogP) is 1.98. The normalized spacial score (nSPS) is 23.3. The molecule has 3 atom stereocenters. The third kappa shape index (κ3) is 3.76. The van der Waals surface area contributed by atoms with Crippen molar-refractivity contribution in [3.63, 3.8) is 0 Å². The molecule has 1 aromatic carbocycles. The molecule has 0 aliphatic carbocycles. The molecular weight excluding hydrogens is 306 g/mol. The summed E-state index contributed by atoms with van der Waals surface area (Å²) in [5, 5.41) is 14.4. The van der Waals surface area contributed by atoms with Gasteiger partial charge in [0.2, 0.25) is 0 Å². The maximum Gasteiger partial charge on any atom is 0.441 e. The van der Waals surface area contributed by atoms with E-state index >= 15 is 0 Å². The molecule has 3 rings (SSSR count). The van der Waals surface area contributed by atoms with Crippen LogP contribution in [-0.2, 0) is 6.54 Å². The van der Waals surface area contributed by atoms with Crippen LogP contribution >= 0.6 is 0 Å². The molecule has 1 fully saturated rings. The molecule has 0 amide bonds. The van der Waals surface area contributed by atoms with Crippen LogP contribution in [0.5, 0.6) is 0 Å². The van der Waals surface area contributed by atoms with Gasteiger partial charge < -0.3 is 5.11 Å². The van der Waals surface area contributed by atoms with Crippen LogP contribution in [0, 0.1) is 5.92 Å². The Kier molecular flexibility index (Phi) is 5.16. The maximum atomic E-state index is 12.0. The van der Waals surface area contributed by atoms with Crippen LogP contribution in [0.15, 0.2) is 39.6 Å². The highest BCUT2D eigenvalue weighted by molar-refractivity contribution is 5.54. The van der Waals surface area contributed by atoms with Crippen molar-refractivity contribution in [2.24, 2.45) is 5.92 Å². The molecule has 1 N–H and O–H groups in total. The van der Waals surface area contributed by atoms with E-state index in [0.29, 0.717) is 24.3 Å². The number of β-amino-alcohol motifs (C(OH)–C–C–N with tert-alkyl or cyclic N) is 1. The summed E-state index contributed by atoms with van der Waals surface area (Å²) in [7, 11) is 0. The second-order valence-electron chi connectivity index (χ2n) is 6.89. The Balaban J connectivity index is 1.72. The van der Waals surface area contributed by atoms with E-state index in [1.807, 2.05) is 30.3 Å². The first-order valence-corrected chi connectivity index (χ1v) is 8.58. The monoisotopic (exact) mass is 331 g/mol. The summed E-state index contributed by atoms with van der Waals surface area (Å²) < 4.78 is 6.23. The lowest BCUT2D eigenvalue weighted by molar-refractivity contribution is 0.0486. The minimum Gasteiger partial charge on any atom is -0.390 e. The third-order valence-corrected chi connectivity index (χ3v) is 4.80. The van der Waals surface area contributed by atoms with Gasteiger partial charge in [0.15, 0.2) is 5.82 Å². The van der Waals surface area contributed by atoms with Gasteiger partial charge in [0.05, 0.1) is 12.6 Å². The van der Waals surface area contributed by atoms with Gasteiger partial charge in [-0.1, -0.05) is 42.4 Å². The van der Waals surface area contributed by atoms with Gasteiger partial charge in [0, 0.05) is 24.7 Å². The summed E-state index contributed by atoms with van der Waals surface area (Å²) in [6, 6.07) is 9.87. The second kappa shape index (κ2) is 7.32. The van der Waals surface area contributed by atoms with Crippen molar-refractivity contribution in [2.75, 3.05) is 13.1 Å². The summed E-state index contributed by atoms with van der Waals surface area (Å²) in [5.74, 6) is 0.569. The number of nitrogens with zero attached hydrogens (tertiary/aromatic N) is 3. The van der Waals surface area contributed by atoms with Crippen molar-refractivity contribution in [3.8, 4) is 11.4 Å². The van der Waals surface area contributed by atoms with Crippen molar-refractivity contribution in [3.05, 3.63) is 40.9 Å². The average molecular weight is 331 g/mol. The lowest BCUT2D eigenvalue weighted by atomic mass is 9.95. The van der Waals surface area contributed by atoms with Gasteiger partial charge >= 0.3 is 5.76 Å². The van der Waals surface area contributed by atoms with Crippen LogP contribution in [-0.4, -0.2) is 45.0 Å². The molecule has 1 aromatic heterocycles. The largest absolute Gasteiger partial charge is 0.441 e. The van der Waals surface area contributed by atoms with Crippen molar-refractivity contribution in [1.29, 1.82) is 0 Å². The molecule has 0 bridgehead atoms. The number of aromatic nitrogens is 2. The molecule has 6 heteroatoms. The van der Waals surface area contributed by atoms with E-state index < -0.39 is 11.9 Å². The van der Waals surface area contributed by atoms with Gasteiger partial charge in [0.25, 0.3) is 0 Å². The number of hydrogen-bond donors (Lipinski definition) is 1. The minimum absolute atomic E-state index is 0.185. The van der Waals surface area contributed by atoms with E-state index in [-0.39, 0.29) is 6.54 Å². The first-order chi connectivity index (χ1) is 11.5. The second-order valence-corrected chi connectivity index (χ2v) is 6.89. The highest BCUT2D eigenvalue weighted by Crippen LogP contribution is 2.22. The van der Waals surface area contributed by atoms with Gasteiger partial charge in [-0.2, -0.15) is 0 Å².